The van der Waals surface area contributed by atoms with Crippen molar-refractivity contribution in [3.63, 3.8) is 0 Å². The van der Waals surface area contributed by atoms with Crippen LogP contribution in [0.3, 0.4) is 0 Å². The average Bonchev–Trinajstić information content (AvgIpc) is 2.67. The Morgan fingerprint density at radius 1 is 0.966 bits per heavy atom. The number of carboxylic acid groups (broad SMARTS) is 1. The van der Waals surface area contributed by atoms with Crippen molar-refractivity contribution < 1.29 is 19.5 Å². The van der Waals surface area contributed by atoms with Crippen molar-refractivity contribution in [2.24, 2.45) is 0 Å². The average molecular weight is 396 g/mol. The van der Waals surface area contributed by atoms with Crippen LogP contribution in [-0.4, -0.2) is 35.5 Å². The van der Waals surface area contributed by atoms with Gasteiger partial charge in [-0.2, -0.15) is 0 Å². The van der Waals surface area contributed by atoms with Gasteiger partial charge in [-0.15, -0.1) is 0 Å². The normalized spacial score (nSPS) is 12.1. The summed E-state index contributed by atoms with van der Waals surface area (Å²) in [5.41, 5.74) is 2.48. The molecule has 0 saturated heterocycles. The van der Waals surface area contributed by atoms with Crippen LogP contribution in [0.25, 0.3) is 0 Å². The lowest BCUT2D eigenvalue weighted by Gasteiger charge is -2.19. The van der Waals surface area contributed by atoms with Crippen molar-refractivity contribution in [2.75, 3.05) is 6.54 Å². The van der Waals surface area contributed by atoms with Crippen molar-refractivity contribution in [3.05, 3.63) is 71.3 Å². The van der Waals surface area contributed by atoms with Crippen molar-refractivity contribution in [1.29, 1.82) is 0 Å². The number of nitrogens with one attached hydrogen (secondary N) is 2. The fraction of sp³-hybridized carbons (Fsp3) is 0.348. The molecular formula is C23H28N2O4. The van der Waals surface area contributed by atoms with Gasteiger partial charge >= 0.3 is 5.97 Å². The highest BCUT2D eigenvalue weighted by Crippen LogP contribution is 2.22. The van der Waals surface area contributed by atoms with Crippen molar-refractivity contribution in [1.82, 2.24) is 10.6 Å². The molecule has 0 bridgehead atoms. The van der Waals surface area contributed by atoms with E-state index in [1.54, 1.807) is 12.1 Å². The summed E-state index contributed by atoms with van der Waals surface area (Å²) in [6.45, 7) is 6.43. The number of amides is 2. The molecule has 0 aliphatic heterocycles. The summed E-state index contributed by atoms with van der Waals surface area (Å²) >= 11 is 0. The van der Waals surface area contributed by atoms with Crippen LogP contribution in [0.5, 0.6) is 0 Å². The lowest BCUT2D eigenvalue weighted by atomic mass is 9.87. The largest absolute Gasteiger partial charge is 0.480 e. The highest BCUT2D eigenvalue weighted by Gasteiger charge is 2.20. The second-order valence-electron chi connectivity index (χ2n) is 7.98. The Balaban J connectivity index is 1.82. The Bertz CT molecular complexity index is 839. The first-order chi connectivity index (χ1) is 13.7. The highest BCUT2D eigenvalue weighted by molar-refractivity contribution is 5.94. The van der Waals surface area contributed by atoms with Gasteiger partial charge in [0, 0.05) is 24.9 Å². The lowest BCUT2D eigenvalue weighted by molar-refractivity contribution is -0.141. The smallest absolute Gasteiger partial charge is 0.326 e. The molecule has 2 aromatic rings. The maximum absolute atomic E-state index is 12.2. The Morgan fingerprint density at radius 2 is 1.59 bits per heavy atom. The third-order valence-electron chi connectivity index (χ3n) is 4.57. The maximum atomic E-state index is 12.2. The zero-order valence-corrected chi connectivity index (χ0v) is 17.1. The molecule has 0 aliphatic rings. The molecule has 29 heavy (non-hydrogen) atoms. The molecule has 0 fully saturated rings. The molecule has 6 nitrogen and oxygen atoms in total. The van der Waals surface area contributed by atoms with E-state index >= 15 is 0 Å². The number of hydrogen-bond donors (Lipinski definition) is 3. The van der Waals surface area contributed by atoms with E-state index in [1.165, 1.54) is 0 Å². The van der Waals surface area contributed by atoms with E-state index in [4.69, 9.17) is 0 Å². The molecule has 0 spiro atoms. The number of aliphatic carboxylic acids is 1. The van der Waals surface area contributed by atoms with Gasteiger partial charge in [-0.05, 0) is 28.7 Å². The fourth-order valence-corrected chi connectivity index (χ4v) is 2.83. The predicted octanol–water partition coefficient (Wildman–Crippen LogP) is 2.92. The second-order valence-corrected chi connectivity index (χ2v) is 7.98. The number of rotatable bonds is 8. The summed E-state index contributed by atoms with van der Waals surface area (Å²) in [6, 6.07) is 15.5. The molecule has 0 radical (unpaired) electrons. The van der Waals surface area contributed by atoms with E-state index in [1.807, 2.05) is 42.5 Å². The molecule has 2 aromatic carbocycles. The van der Waals surface area contributed by atoms with Crippen molar-refractivity contribution >= 4 is 17.8 Å². The summed E-state index contributed by atoms with van der Waals surface area (Å²) < 4.78 is 0. The molecular weight excluding hydrogens is 368 g/mol. The quantitative estimate of drug-likeness (QED) is 0.639. The molecule has 2 amide bonds. The zero-order chi connectivity index (χ0) is 21.4. The van der Waals surface area contributed by atoms with E-state index in [0.29, 0.717) is 5.56 Å². The first-order valence-corrected chi connectivity index (χ1v) is 9.61. The summed E-state index contributed by atoms with van der Waals surface area (Å²) in [6.07, 6.45) is 0.207. The van der Waals surface area contributed by atoms with Gasteiger partial charge < -0.3 is 15.7 Å². The molecule has 3 N–H and O–H groups in total. The van der Waals surface area contributed by atoms with E-state index in [0.717, 1.165) is 11.1 Å². The first-order valence-electron chi connectivity index (χ1n) is 9.61. The molecule has 0 aliphatic carbocycles. The number of carbonyl (C=O) groups excluding carboxylic acids is 2. The van der Waals surface area contributed by atoms with Crippen LogP contribution < -0.4 is 10.6 Å². The molecule has 0 heterocycles. The van der Waals surface area contributed by atoms with Gasteiger partial charge in [0.05, 0.1) is 0 Å². The van der Waals surface area contributed by atoms with Gasteiger partial charge in [-0.25, -0.2) is 4.79 Å². The van der Waals surface area contributed by atoms with E-state index in [-0.39, 0.29) is 30.7 Å². The van der Waals surface area contributed by atoms with Gasteiger partial charge in [0.25, 0.3) is 5.91 Å². The molecule has 0 unspecified atom stereocenters. The Morgan fingerprint density at radius 3 is 2.14 bits per heavy atom. The predicted molar refractivity (Wildman–Crippen MR) is 112 cm³/mol. The van der Waals surface area contributed by atoms with Gasteiger partial charge in [-0.1, -0.05) is 63.2 Å². The van der Waals surface area contributed by atoms with E-state index < -0.39 is 17.9 Å². The van der Waals surface area contributed by atoms with E-state index in [2.05, 4.69) is 31.4 Å². The molecule has 1 atom stereocenters. The summed E-state index contributed by atoms with van der Waals surface area (Å²) in [7, 11) is 0. The van der Waals surface area contributed by atoms with Gasteiger partial charge in [0.1, 0.15) is 6.04 Å². The third-order valence-corrected chi connectivity index (χ3v) is 4.57. The Hall–Kier alpha value is -3.15. The molecule has 0 saturated carbocycles. The van der Waals surface area contributed by atoms with Crippen LogP contribution >= 0.6 is 0 Å². The maximum Gasteiger partial charge on any atom is 0.326 e. The van der Waals surface area contributed by atoms with Crippen LogP contribution in [0.4, 0.5) is 0 Å². The van der Waals surface area contributed by atoms with Crippen LogP contribution in [0.15, 0.2) is 54.6 Å². The molecule has 2 rings (SSSR count). The monoisotopic (exact) mass is 396 g/mol. The molecule has 6 heteroatoms. The van der Waals surface area contributed by atoms with Crippen LogP contribution in [0.2, 0.25) is 0 Å². The first kappa shape index (κ1) is 22.1. The van der Waals surface area contributed by atoms with Crippen LogP contribution in [-0.2, 0) is 21.4 Å². The number of benzene rings is 2. The minimum absolute atomic E-state index is 0.00435. The minimum Gasteiger partial charge on any atom is -0.480 e. The topological polar surface area (TPSA) is 95.5 Å². The molecule has 0 aromatic heterocycles. The van der Waals surface area contributed by atoms with Gasteiger partial charge in [0.15, 0.2) is 0 Å². The summed E-state index contributed by atoms with van der Waals surface area (Å²) in [5.74, 6) is -1.78. The van der Waals surface area contributed by atoms with Crippen molar-refractivity contribution in [2.45, 2.75) is 45.1 Å². The highest BCUT2D eigenvalue weighted by atomic mass is 16.4. The Kier molecular flexibility index (Phi) is 7.53. The van der Waals surface area contributed by atoms with Crippen LogP contribution in [0.1, 0.15) is 48.7 Å². The number of hydrogen-bond acceptors (Lipinski definition) is 3. The SMILES string of the molecule is CC(C)(C)c1ccc(C(=O)NCCC(=O)N[C@@H](Cc2ccccc2)C(=O)O)cc1. The third kappa shape index (κ3) is 7.07. The lowest BCUT2D eigenvalue weighted by Crippen LogP contribution is -2.43. The Labute approximate surface area is 171 Å². The molecule has 154 valence electrons. The second kappa shape index (κ2) is 9.87. The van der Waals surface area contributed by atoms with Crippen LogP contribution in [0, 0.1) is 0 Å². The van der Waals surface area contributed by atoms with E-state index in [9.17, 15) is 19.5 Å². The summed E-state index contributed by atoms with van der Waals surface area (Å²) in [4.78, 5) is 35.7. The minimum atomic E-state index is -1.09. The standard InChI is InChI=1S/C23H28N2O4/c1-23(2,3)18-11-9-17(10-12-18)21(27)24-14-13-20(26)25-19(22(28)29)15-16-7-5-4-6-8-16/h4-12,19H,13-15H2,1-3H3,(H,24,27)(H,25,26)(H,28,29)/t19-/m0/s1. The van der Waals surface area contributed by atoms with Gasteiger partial charge in [-0.3, -0.25) is 9.59 Å². The number of carbonyl (C=O) groups is 3. The fourth-order valence-electron chi connectivity index (χ4n) is 2.83. The zero-order valence-electron chi connectivity index (χ0n) is 17.1. The van der Waals surface area contributed by atoms with Crippen molar-refractivity contribution in [3.8, 4) is 0 Å². The summed E-state index contributed by atoms with van der Waals surface area (Å²) in [5, 5.41) is 14.5. The number of carboxylic acids is 1. The van der Waals surface area contributed by atoms with Gasteiger partial charge in [0.2, 0.25) is 5.91 Å².